The number of nitrogens with zero attached hydrogens (tertiary/aromatic N) is 2. The van der Waals surface area contributed by atoms with Crippen molar-refractivity contribution in [1.82, 2.24) is 9.46 Å². The molecule has 0 spiro atoms. The second-order valence-corrected chi connectivity index (χ2v) is 6.24. The molecule has 107 valence electrons. The molecule has 0 unspecified atom stereocenters. The molecule has 1 saturated heterocycles. The number of hydrogen-bond donors (Lipinski definition) is 0. The number of rotatable bonds is 3. The summed E-state index contributed by atoms with van der Waals surface area (Å²) in [6, 6.07) is 3.82. The summed E-state index contributed by atoms with van der Waals surface area (Å²) in [6.07, 6.45) is 4.28. The van der Waals surface area contributed by atoms with Crippen LogP contribution in [0, 0.1) is 0 Å². The van der Waals surface area contributed by atoms with Gasteiger partial charge in [-0.2, -0.15) is 0 Å². The number of aromatic nitrogens is 2. The lowest BCUT2D eigenvalue weighted by Crippen LogP contribution is -2.41. The minimum Gasteiger partial charge on any atom is -0.399 e. The summed E-state index contributed by atoms with van der Waals surface area (Å²) in [5.74, 6) is 0. The van der Waals surface area contributed by atoms with Crippen LogP contribution in [0.2, 0.25) is 0 Å². The Labute approximate surface area is 125 Å². The van der Waals surface area contributed by atoms with Gasteiger partial charge in [0.15, 0.2) is 0 Å². The molecule has 2 aromatic rings. The Kier molecular flexibility index (Phi) is 3.22. The summed E-state index contributed by atoms with van der Waals surface area (Å²) < 4.78 is 13.9. The topological polar surface area (TPSA) is 53.4 Å². The summed E-state index contributed by atoms with van der Waals surface area (Å²) >= 11 is 0. The van der Waals surface area contributed by atoms with E-state index in [-0.39, 0.29) is 0 Å². The molecule has 0 saturated carbocycles. The lowest BCUT2D eigenvalue weighted by molar-refractivity contribution is 0.00578. The van der Waals surface area contributed by atoms with Crippen molar-refractivity contribution in [2.45, 2.75) is 38.9 Å². The van der Waals surface area contributed by atoms with Gasteiger partial charge in [-0.05, 0) is 40.0 Å². The largest absolute Gasteiger partial charge is 0.497 e. The molecule has 7 heteroatoms. The maximum absolute atomic E-state index is 10.8. The molecule has 5 nitrogen and oxygen atoms in total. The Balaban J connectivity index is 2.08. The summed E-state index contributed by atoms with van der Waals surface area (Å²) in [5, 5.41) is 0.925. The molecule has 0 aromatic carbocycles. The molecule has 1 radical (unpaired) electrons. The smallest absolute Gasteiger partial charge is 0.399 e. The molecule has 21 heavy (non-hydrogen) atoms. The van der Waals surface area contributed by atoms with Crippen LogP contribution in [0.1, 0.15) is 27.7 Å². The van der Waals surface area contributed by atoms with E-state index in [1.165, 1.54) is 7.41 Å². The minimum atomic E-state index is -0.469. The standard InChI is InChI=1S/C14H17B2N2O3/c1-13(2)14(3,4)21-16(20-13)11-8-18(15-9-19)12-10(11)6-5-7-17-12/h5-9H,1-4H3. The zero-order valence-corrected chi connectivity index (χ0v) is 12.7. The fourth-order valence-corrected chi connectivity index (χ4v) is 2.45. The van der Waals surface area contributed by atoms with Crippen LogP contribution < -0.4 is 5.46 Å². The van der Waals surface area contributed by atoms with E-state index in [2.05, 4.69) is 4.98 Å². The van der Waals surface area contributed by atoms with E-state index in [4.69, 9.17) is 9.31 Å². The molecule has 1 fully saturated rings. The molecule has 1 aliphatic heterocycles. The molecule has 3 heterocycles. The lowest BCUT2D eigenvalue weighted by Gasteiger charge is -2.32. The summed E-state index contributed by atoms with van der Waals surface area (Å²) in [6.45, 7) is 8.06. The van der Waals surface area contributed by atoms with Gasteiger partial charge < -0.3 is 18.6 Å². The number of fused-ring (bicyclic) bond motifs is 1. The maximum atomic E-state index is 10.8. The highest BCUT2D eigenvalue weighted by molar-refractivity contribution is 6.68. The molecular formula is C14H17B2N2O3. The quantitative estimate of drug-likeness (QED) is 0.622. The predicted octanol–water partition coefficient (Wildman–Crippen LogP) is 0.993. The second-order valence-electron chi connectivity index (χ2n) is 6.24. The van der Waals surface area contributed by atoms with Crippen molar-refractivity contribution in [3.63, 3.8) is 0 Å². The van der Waals surface area contributed by atoms with Crippen molar-refractivity contribution in [2.75, 3.05) is 0 Å². The van der Waals surface area contributed by atoms with E-state index in [0.717, 1.165) is 17.0 Å². The number of hydrogen-bond acceptors (Lipinski definition) is 4. The highest BCUT2D eigenvalue weighted by Crippen LogP contribution is 2.37. The average Bonchev–Trinajstić information content (AvgIpc) is 2.86. The summed E-state index contributed by atoms with van der Waals surface area (Å²) in [5.41, 5.74) is 0.801. The van der Waals surface area contributed by atoms with Gasteiger partial charge in [-0.25, -0.2) is 4.98 Å². The monoisotopic (exact) mass is 283 g/mol. The minimum absolute atomic E-state index is 0.400. The Bertz CT molecular complexity index is 681. The first-order valence-electron chi connectivity index (χ1n) is 6.95. The van der Waals surface area contributed by atoms with E-state index < -0.39 is 18.3 Å². The first-order valence-corrected chi connectivity index (χ1v) is 6.95. The van der Waals surface area contributed by atoms with Crippen molar-refractivity contribution in [2.24, 2.45) is 0 Å². The SMILES string of the molecule is CC1(C)OB(c2cn([B]C=O)c3ncccc23)OC1(C)C. The van der Waals surface area contributed by atoms with Crippen LogP contribution in [-0.4, -0.2) is 41.4 Å². The number of carbonyl (C=O) groups excluding carboxylic acids is 1. The fourth-order valence-electron chi connectivity index (χ4n) is 2.45. The molecule has 0 atom stereocenters. The molecule has 0 bridgehead atoms. The van der Waals surface area contributed by atoms with Gasteiger partial charge in [-0.3, -0.25) is 0 Å². The first-order chi connectivity index (χ1) is 9.86. The van der Waals surface area contributed by atoms with Gasteiger partial charge in [0, 0.05) is 17.0 Å². The van der Waals surface area contributed by atoms with E-state index >= 15 is 0 Å². The average molecular weight is 283 g/mol. The third-order valence-electron chi connectivity index (χ3n) is 4.35. The van der Waals surface area contributed by atoms with Crippen LogP contribution in [-0.2, 0) is 14.1 Å². The fraction of sp³-hybridized carbons (Fsp3) is 0.429. The van der Waals surface area contributed by atoms with Gasteiger partial charge >= 0.3 is 14.5 Å². The van der Waals surface area contributed by atoms with Gasteiger partial charge in [0.25, 0.3) is 0 Å². The third-order valence-corrected chi connectivity index (χ3v) is 4.35. The molecule has 0 N–H and O–H groups in total. The van der Waals surface area contributed by atoms with Crippen molar-refractivity contribution in [3.8, 4) is 0 Å². The van der Waals surface area contributed by atoms with Crippen LogP contribution in [0.5, 0.6) is 0 Å². The van der Waals surface area contributed by atoms with Gasteiger partial charge in [0.1, 0.15) is 11.8 Å². The van der Waals surface area contributed by atoms with Gasteiger partial charge in [-0.15, -0.1) is 0 Å². The van der Waals surface area contributed by atoms with E-state index in [9.17, 15) is 4.79 Å². The van der Waals surface area contributed by atoms with E-state index in [1.54, 1.807) is 10.7 Å². The van der Waals surface area contributed by atoms with Crippen LogP contribution >= 0.6 is 0 Å². The number of carbonyl (C=O) groups is 1. The second kappa shape index (κ2) is 4.71. The normalized spacial score (nSPS) is 19.9. The lowest BCUT2D eigenvalue weighted by atomic mass is 9.79. The van der Waals surface area contributed by atoms with Gasteiger partial charge in [0.2, 0.25) is 0 Å². The van der Waals surface area contributed by atoms with Crippen molar-refractivity contribution >= 4 is 37.2 Å². The van der Waals surface area contributed by atoms with Gasteiger partial charge in [0.05, 0.1) is 11.2 Å². The van der Waals surface area contributed by atoms with Crippen LogP contribution in [0.4, 0.5) is 0 Å². The highest BCUT2D eigenvalue weighted by Gasteiger charge is 2.52. The third kappa shape index (κ3) is 2.21. The Morgan fingerprint density at radius 2 is 1.95 bits per heavy atom. The number of pyridine rings is 1. The van der Waals surface area contributed by atoms with Crippen LogP contribution in [0.3, 0.4) is 0 Å². The zero-order valence-electron chi connectivity index (χ0n) is 12.7. The Morgan fingerprint density at radius 1 is 1.29 bits per heavy atom. The Morgan fingerprint density at radius 3 is 2.57 bits per heavy atom. The van der Waals surface area contributed by atoms with Crippen molar-refractivity contribution in [3.05, 3.63) is 24.5 Å². The zero-order chi connectivity index (χ0) is 15.3. The first kappa shape index (κ1) is 14.4. The molecule has 2 aromatic heterocycles. The Hall–Kier alpha value is -1.59. The summed E-state index contributed by atoms with van der Waals surface area (Å²) in [7, 11) is 0.965. The van der Waals surface area contributed by atoms with E-state index in [1.807, 2.05) is 46.0 Å². The van der Waals surface area contributed by atoms with Crippen LogP contribution in [0.15, 0.2) is 24.5 Å². The molecule has 3 rings (SSSR count). The molecular weight excluding hydrogens is 266 g/mol. The van der Waals surface area contributed by atoms with Gasteiger partial charge in [-0.1, -0.05) is 6.07 Å². The van der Waals surface area contributed by atoms with Crippen molar-refractivity contribution < 1.29 is 14.1 Å². The molecule has 0 aliphatic carbocycles. The van der Waals surface area contributed by atoms with Crippen molar-refractivity contribution in [1.29, 1.82) is 0 Å². The van der Waals surface area contributed by atoms with E-state index in [0.29, 0.717) is 5.65 Å². The molecule has 1 aliphatic rings. The maximum Gasteiger partial charge on any atom is 0.497 e. The van der Waals surface area contributed by atoms with Crippen LogP contribution in [0.25, 0.3) is 11.0 Å². The highest BCUT2D eigenvalue weighted by atomic mass is 16.7. The molecule has 0 amide bonds. The summed E-state index contributed by atoms with van der Waals surface area (Å²) in [4.78, 5) is 15.1. The predicted molar refractivity (Wildman–Crippen MR) is 83.4 cm³/mol.